The van der Waals surface area contributed by atoms with Gasteiger partial charge in [0.15, 0.2) is 0 Å². The van der Waals surface area contributed by atoms with Crippen LogP contribution in [0.25, 0.3) is 0 Å². The van der Waals surface area contributed by atoms with Crippen molar-refractivity contribution in [3.8, 4) is 0 Å². The van der Waals surface area contributed by atoms with Crippen LogP contribution in [0.4, 0.5) is 5.69 Å². The van der Waals surface area contributed by atoms with Crippen LogP contribution in [0.1, 0.15) is 18.4 Å². The Morgan fingerprint density at radius 2 is 2.00 bits per heavy atom. The van der Waals surface area contributed by atoms with Gasteiger partial charge in [0.25, 0.3) is 0 Å². The maximum Gasteiger partial charge on any atom is 0.306 e. The summed E-state index contributed by atoms with van der Waals surface area (Å²) in [4.78, 5) is 21.7. The van der Waals surface area contributed by atoms with Crippen LogP contribution in [0.2, 0.25) is 0 Å². The first-order chi connectivity index (χ1) is 10.5. The molecule has 0 saturated carbocycles. The molecule has 1 N–H and O–H groups in total. The zero-order valence-corrected chi connectivity index (χ0v) is 12.3. The molecular formula is C13H18N6O3. The third kappa shape index (κ3) is 4.69. The average Bonchev–Trinajstić information content (AvgIpc) is 3.10. The quantitative estimate of drug-likeness (QED) is 0.443. The van der Waals surface area contributed by atoms with Crippen LogP contribution in [0.3, 0.4) is 0 Å². The Hall–Kier alpha value is -2.71. The summed E-state index contributed by atoms with van der Waals surface area (Å²) in [6.45, 7) is 3.61. The number of nitrogens with zero attached hydrogens (tertiary/aromatic N) is 5. The summed E-state index contributed by atoms with van der Waals surface area (Å²) < 4.78 is 3.23. The number of amides is 1. The molecule has 0 aliphatic heterocycles. The molecule has 0 aliphatic rings. The Bertz CT molecular complexity index is 648. The Labute approximate surface area is 127 Å². The van der Waals surface area contributed by atoms with Crippen LogP contribution in [0.5, 0.6) is 0 Å². The molecule has 22 heavy (non-hydrogen) atoms. The van der Waals surface area contributed by atoms with Crippen LogP contribution >= 0.6 is 0 Å². The summed E-state index contributed by atoms with van der Waals surface area (Å²) in [6, 6.07) is 0. The van der Waals surface area contributed by atoms with Crippen molar-refractivity contribution >= 4 is 11.6 Å². The highest BCUT2D eigenvalue weighted by atomic mass is 16.6. The van der Waals surface area contributed by atoms with E-state index in [4.69, 9.17) is 0 Å². The van der Waals surface area contributed by atoms with Crippen molar-refractivity contribution in [2.75, 3.05) is 6.54 Å². The molecule has 9 nitrogen and oxygen atoms in total. The molecule has 0 aromatic carbocycles. The molecule has 2 rings (SSSR count). The molecule has 0 spiro atoms. The normalized spacial score (nSPS) is 10.6. The zero-order valence-electron chi connectivity index (χ0n) is 12.3. The molecule has 2 aromatic rings. The molecule has 1 amide bonds. The lowest BCUT2D eigenvalue weighted by molar-refractivity contribution is -0.385. The zero-order chi connectivity index (χ0) is 15.9. The molecule has 2 aromatic heterocycles. The van der Waals surface area contributed by atoms with Gasteiger partial charge >= 0.3 is 5.69 Å². The van der Waals surface area contributed by atoms with Crippen LogP contribution in [0, 0.1) is 17.0 Å². The fourth-order valence-corrected chi connectivity index (χ4v) is 1.93. The van der Waals surface area contributed by atoms with Crippen molar-refractivity contribution in [2.24, 2.45) is 0 Å². The Balaban J connectivity index is 1.62. The summed E-state index contributed by atoms with van der Waals surface area (Å²) in [6.07, 6.45) is 7.26. The van der Waals surface area contributed by atoms with Gasteiger partial charge < -0.3 is 5.32 Å². The Morgan fingerprint density at radius 1 is 1.27 bits per heavy atom. The number of rotatable bonds is 8. The van der Waals surface area contributed by atoms with Crippen LogP contribution in [0.15, 0.2) is 24.8 Å². The monoisotopic (exact) mass is 306 g/mol. The van der Waals surface area contributed by atoms with Crippen molar-refractivity contribution < 1.29 is 9.72 Å². The SMILES string of the molecule is Cc1cnn(CCCNC(=O)CCn2cc([N+](=O)[O-])cn2)c1. The van der Waals surface area contributed by atoms with Gasteiger partial charge in [0.2, 0.25) is 5.91 Å². The van der Waals surface area contributed by atoms with Gasteiger partial charge in [-0.2, -0.15) is 10.2 Å². The molecule has 0 radical (unpaired) electrons. The van der Waals surface area contributed by atoms with E-state index in [1.54, 1.807) is 6.20 Å². The minimum Gasteiger partial charge on any atom is -0.356 e. The highest BCUT2D eigenvalue weighted by Crippen LogP contribution is 2.07. The predicted molar refractivity (Wildman–Crippen MR) is 78.1 cm³/mol. The summed E-state index contributed by atoms with van der Waals surface area (Å²) in [5.74, 6) is -0.102. The van der Waals surface area contributed by atoms with E-state index < -0.39 is 4.92 Å². The second kappa shape index (κ2) is 7.34. The molecule has 0 atom stereocenters. The Kier molecular flexibility index (Phi) is 5.23. The van der Waals surface area contributed by atoms with Crippen LogP contribution in [-0.4, -0.2) is 36.9 Å². The van der Waals surface area contributed by atoms with Crippen molar-refractivity contribution in [2.45, 2.75) is 32.9 Å². The fraction of sp³-hybridized carbons (Fsp3) is 0.462. The van der Waals surface area contributed by atoms with Gasteiger partial charge in [-0.15, -0.1) is 0 Å². The number of hydrogen-bond donors (Lipinski definition) is 1. The number of nitrogens with one attached hydrogen (secondary N) is 1. The third-order valence-corrected chi connectivity index (χ3v) is 3.05. The minimum absolute atomic E-state index is 0.0741. The van der Waals surface area contributed by atoms with Crippen molar-refractivity contribution in [1.29, 1.82) is 0 Å². The van der Waals surface area contributed by atoms with Gasteiger partial charge in [-0.1, -0.05) is 0 Å². The van der Waals surface area contributed by atoms with E-state index in [9.17, 15) is 14.9 Å². The van der Waals surface area contributed by atoms with Crippen molar-refractivity contribution in [1.82, 2.24) is 24.9 Å². The predicted octanol–water partition coefficient (Wildman–Crippen LogP) is 0.893. The highest BCUT2D eigenvalue weighted by molar-refractivity contribution is 5.75. The van der Waals surface area contributed by atoms with Crippen LogP contribution in [-0.2, 0) is 17.9 Å². The maximum atomic E-state index is 11.7. The van der Waals surface area contributed by atoms with E-state index in [-0.39, 0.29) is 18.0 Å². The molecule has 2 heterocycles. The molecular weight excluding hydrogens is 288 g/mol. The summed E-state index contributed by atoms with van der Waals surface area (Å²) in [5.41, 5.74) is 1.03. The second-order valence-corrected chi connectivity index (χ2v) is 4.95. The fourth-order valence-electron chi connectivity index (χ4n) is 1.93. The lowest BCUT2D eigenvalue weighted by Gasteiger charge is -2.05. The number of carbonyl (C=O) groups excluding carboxylic acids is 1. The molecule has 0 saturated heterocycles. The van der Waals surface area contributed by atoms with Gasteiger partial charge in [-0.3, -0.25) is 24.3 Å². The first kappa shape index (κ1) is 15.7. The van der Waals surface area contributed by atoms with E-state index in [0.29, 0.717) is 13.1 Å². The van der Waals surface area contributed by atoms with Gasteiger partial charge in [0.05, 0.1) is 11.1 Å². The molecule has 0 fully saturated rings. The highest BCUT2D eigenvalue weighted by Gasteiger charge is 2.09. The number of hydrogen-bond acceptors (Lipinski definition) is 5. The van der Waals surface area contributed by atoms with Crippen molar-refractivity contribution in [3.63, 3.8) is 0 Å². The second-order valence-electron chi connectivity index (χ2n) is 4.95. The lowest BCUT2D eigenvalue weighted by atomic mass is 10.3. The van der Waals surface area contributed by atoms with Gasteiger partial charge in [0.1, 0.15) is 12.4 Å². The van der Waals surface area contributed by atoms with E-state index in [2.05, 4.69) is 15.5 Å². The third-order valence-electron chi connectivity index (χ3n) is 3.05. The lowest BCUT2D eigenvalue weighted by Crippen LogP contribution is -2.26. The summed E-state index contributed by atoms with van der Waals surface area (Å²) in [5, 5.41) is 21.3. The number of aryl methyl sites for hydroxylation is 3. The van der Waals surface area contributed by atoms with E-state index in [0.717, 1.165) is 18.5 Å². The number of nitro groups is 1. The van der Waals surface area contributed by atoms with E-state index >= 15 is 0 Å². The van der Waals surface area contributed by atoms with Crippen molar-refractivity contribution in [3.05, 3.63) is 40.5 Å². The topological polar surface area (TPSA) is 108 Å². The smallest absolute Gasteiger partial charge is 0.306 e. The molecule has 0 unspecified atom stereocenters. The number of aromatic nitrogens is 4. The average molecular weight is 306 g/mol. The van der Waals surface area contributed by atoms with Gasteiger partial charge in [-0.25, -0.2) is 0 Å². The first-order valence-corrected chi connectivity index (χ1v) is 6.97. The molecule has 118 valence electrons. The first-order valence-electron chi connectivity index (χ1n) is 6.97. The van der Waals surface area contributed by atoms with Gasteiger partial charge in [0, 0.05) is 32.3 Å². The Morgan fingerprint density at radius 3 is 2.64 bits per heavy atom. The number of carbonyl (C=O) groups is 1. The van der Waals surface area contributed by atoms with Crippen LogP contribution < -0.4 is 5.32 Å². The largest absolute Gasteiger partial charge is 0.356 e. The summed E-state index contributed by atoms with van der Waals surface area (Å²) >= 11 is 0. The molecule has 0 bridgehead atoms. The summed E-state index contributed by atoms with van der Waals surface area (Å²) in [7, 11) is 0. The van der Waals surface area contributed by atoms with E-state index in [1.165, 1.54) is 17.1 Å². The maximum absolute atomic E-state index is 11.7. The molecule has 9 heteroatoms. The minimum atomic E-state index is -0.513. The molecule has 0 aliphatic carbocycles. The van der Waals surface area contributed by atoms with E-state index in [1.807, 2.05) is 17.8 Å². The standard InChI is InChI=1S/C13H18N6O3/c1-11-7-15-17(9-11)5-2-4-14-13(20)3-6-18-10-12(8-16-18)19(21)22/h7-10H,2-6H2,1H3,(H,14,20). The van der Waals surface area contributed by atoms with Gasteiger partial charge in [-0.05, 0) is 18.9 Å².